The van der Waals surface area contributed by atoms with Crippen molar-refractivity contribution >= 4 is 11.7 Å². The lowest BCUT2D eigenvalue weighted by atomic mass is 9.98. The minimum atomic E-state index is -3.20. The van der Waals surface area contributed by atoms with Crippen molar-refractivity contribution in [2.75, 3.05) is 25.1 Å². The van der Waals surface area contributed by atoms with E-state index in [2.05, 4.69) is 10.4 Å². The van der Waals surface area contributed by atoms with Crippen molar-refractivity contribution < 1.29 is 31.5 Å². The molecule has 0 saturated heterocycles. The van der Waals surface area contributed by atoms with Crippen LogP contribution in [0.3, 0.4) is 0 Å². The predicted molar refractivity (Wildman–Crippen MR) is 110 cm³/mol. The van der Waals surface area contributed by atoms with Crippen LogP contribution in [0.2, 0.25) is 0 Å². The highest BCUT2D eigenvalue weighted by Gasteiger charge is 2.43. The smallest absolute Gasteiger partial charge is 0.322 e. The SMILES string of the molecule is N#Cc1cc(NC(=O)N2CCc3nn4c(c3C2)C(F)(F)CC[C@@H](COCC(F)F)C4)ccc1F. The highest BCUT2D eigenvalue weighted by atomic mass is 19.3. The third-order valence-corrected chi connectivity index (χ3v) is 5.97. The monoisotopic (exact) mass is 483 g/mol. The highest BCUT2D eigenvalue weighted by Crippen LogP contribution is 2.41. The van der Waals surface area contributed by atoms with E-state index < -0.39 is 37.2 Å². The molecule has 0 bridgehead atoms. The summed E-state index contributed by atoms with van der Waals surface area (Å²) < 4.78 is 74.6. The first-order chi connectivity index (χ1) is 16.2. The molecule has 7 nitrogen and oxygen atoms in total. The summed E-state index contributed by atoms with van der Waals surface area (Å²) in [6.45, 7) is -0.566. The van der Waals surface area contributed by atoms with Crippen LogP contribution in [-0.2, 0) is 30.2 Å². The zero-order chi connectivity index (χ0) is 24.5. The molecule has 34 heavy (non-hydrogen) atoms. The maximum Gasteiger partial charge on any atom is 0.322 e. The Hall–Kier alpha value is -3.20. The van der Waals surface area contributed by atoms with Crippen LogP contribution < -0.4 is 5.32 Å². The van der Waals surface area contributed by atoms with E-state index in [0.29, 0.717) is 5.69 Å². The van der Waals surface area contributed by atoms with E-state index in [0.717, 1.165) is 6.07 Å². The fraction of sp³-hybridized carbons (Fsp3) is 0.500. The molecule has 1 aromatic carbocycles. The van der Waals surface area contributed by atoms with Crippen molar-refractivity contribution in [3.05, 3.63) is 46.5 Å². The summed E-state index contributed by atoms with van der Waals surface area (Å²) in [5.41, 5.74) is 0.468. The predicted octanol–water partition coefficient (Wildman–Crippen LogP) is 4.27. The van der Waals surface area contributed by atoms with Gasteiger partial charge in [-0.15, -0.1) is 0 Å². The molecule has 2 aliphatic rings. The number of hydrogen-bond donors (Lipinski definition) is 1. The Labute approximate surface area is 192 Å². The van der Waals surface area contributed by atoms with Crippen molar-refractivity contribution in [3.8, 4) is 6.07 Å². The number of alkyl halides is 4. The van der Waals surface area contributed by atoms with E-state index in [1.54, 1.807) is 6.07 Å². The zero-order valence-corrected chi connectivity index (χ0v) is 18.0. The number of nitriles is 1. The quantitative estimate of drug-likeness (QED) is 0.644. The van der Waals surface area contributed by atoms with E-state index in [4.69, 9.17) is 10.00 Å². The number of benzene rings is 1. The summed E-state index contributed by atoms with van der Waals surface area (Å²) in [5, 5.41) is 15.9. The van der Waals surface area contributed by atoms with Gasteiger partial charge in [0.2, 0.25) is 0 Å². The van der Waals surface area contributed by atoms with Gasteiger partial charge in [0, 0.05) is 43.1 Å². The molecule has 3 heterocycles. The number of amides is 2. The number of ether oxygens (including phenoxy) is 1. The summed E-state index contributed by atoms with van der Waals surface area (Å²) in [6.07, 6.45) is -2.76. The molecular formula is C22H22F5N5O2. The number of urea groups is 1. The molecule has 12 heteroatoms. The van der Waals surface area contributed by atoms with Crippen molar-refractivity contribution in [3.63, 3.8) is 0 Å². The van der Waals surface area contributed by atoms with Crippen LogP contribution in [0.15, 0.2) is 18.2 Å². The second-order valence-electron chi connectivity index (χ2n) is 8.40. The largest absolute Gasteiger partial charge is 0.375 e. The number of halogens is 5. The summed E-state index contributed by atoms with van der Waals surface area (Å²) in [5.74, 6) is -4.30. The summed E-state index contributed by atoms with van der Waals surface area (Å²) in [7, 11) is 0. The van der Waals surface area contributed by atoms with Crippen molar-refractivity contribution in [1.29, 1.82) is 5.26 Å². The molecule has 1 aromatic heterocycles. The fourth-order valence-corrected chi connectivity index (χ4v) is 4.33. The number of rotatable bonds is 5. The number of hydrogen-bond acceptors (Lipinski definition) is 4. The van der Waals surface area contributed by atoms with Crippen LogP contribution in [0, 0.1) is 23.1 Å². The molecule has 2 aromatic rings. The van der Waals surface area contributed by atoms with Gasteiger partial charge < -0.3 is 15.0 Å². The maximum atomic E-state index is 15.1. The van der Waals surface area contributed by atoms with E-state index >= 15 is 8.78 Å². The molecule has 2 amide bonds. The lowest BCUT2D eigenvalue weighted by Gasteiger charge is -2.28. The van der Waals surface area contributed by atoms with Gasteiger partial charge in [-0.05, 0) is 24.6 Å². The molecular weight excluding hydrogens is 461 g/mol. The number of anilines is 1. The Kier molecular flexibility index (Phi) is 6.74. The van der Waals surface area contributed by atoms with Crippen LogP contribution >= 0.6 is 0 Å². The van der Waals surface area contributed by atoms with Gasteiger partial charge in [0.25, 0.3) is 12.3 Å². The normalized spacial score (nSPS) is 19.2. The fourth-order valence-electron chi connectivity index (χ4n) is 4.33. The average molecular weight is 483 g/mol. The first-order valence-electron chi connectivity index (χ1n) is 10.8. The molecule has 0 saturated carbocycles. The molecule has 0 fully saturated rings. The van der Waals surface area contributed by atoms with Gasteiger partial charge in [0.05, 0.1) is 24.4 Å². The van der Waals surface area contributed by atoms with Crippen molar-refractivity contribution in [1.82, 2.24) is 14.7 Å². The van der Waals surface area contributed by atoms with Gasteiger partial charge in [-0.1, -0.05) is 0 Å². The number of fused-ring (bicyclic) bond motifs is 3. The van der Waals surface area contributed by atoms with Gasteiger partial charge in [-0.3, -0.25) is 4.68 Å². The Bertz CT molecular complexity index is 1110. The number of nitrogens with one attached hydrogen (secondary N) is 1. The number of nitrogens with zero attached hydrogens (tertiary/aromatic N) is 4. The molecule has 0 radical (unpaired) electrons. The van der Waals surface area contributed by atoms with Gasteiger partial charge >= 0.3 is 6.03 Å². The summed E-state index contributed by atoms with van der Waals surface area (Å²) in [6, 6.07) is 4.67. The Morgan fingerprint density at radius 2 is 2.18 bits per heavy atom. The molecule has 1 atom stereocenters. The minimum absolute atomic E-state index is 0.0682. The van der Waals surface area contributed by atoms with Gasteiger partial charge in [0.1, 0.15) is 24.2 Å². The van der Waals surface area contributed by atoms with Crippen LogP contribution in [0.5, 0.6) is 0 Å². The minimum Gasteiger partial charge on any atom is -0.375 e. The molecule has 0 unspecified atom stereocenters. The number of carbonyl (C=O) groups is 1. The molecule has 4 rings (SSSR count). The molecule has 0 spiro atoms. The van der Waals surface area contributed by atoms with E-state index in [1.165, 1.54) is 21.7 Å². The topological polar surface area (TPSA) is 83.2 Å². The van der Waals surface area contributed by atoms with Crippen molar-refractivity contribution in [2.24, 2.45) is 5.92 Å². The average Bonchev–Trinajstić information content (AvgIpc) is 3.10. The standard InChI is InChI=1S/C22H22F5N5O2/c23-17-2-1-15(7-14(17)8-28)29-21(33)31-6-4-18-16(10-31)20-22(26,27)5-3-13(9-32(20)30-18)11-34-12-19(24)25/h1-2,7,13,19H,3-6,9-12H2,(H,29,33)/t13-/m1/s1. The summed E-state index contributed by atoms with van der Waals surface area (Å²) >= 11 is 0. The number of aromatic nitrogens is 2. The highest BCUT2D eigenvalue weighted by molar-refractivity contribution is 5.89. The Morgan fingerprint density at radius 1 is 1.38 bits per heavy atom. The van der Waals surface area contributed by atoms with E-state index in [9.17, 15) is 18.0 Å². The molecule has 1 N–H and O–H groups in total. The van der Waals surface area contributed by atoms with Gasteiger partial charge in [-0.2, -0.15) is 19.1 Å². The Morgan fingerprint density at radius 3 is 2.91 bits per heavy atom. The molecule has 2 aliphatic heterocycles. The third-order valence-electron chi connectivity index (χ3n) is 5.97. The lowest BCUT2D eigenvalue weighted by Crippen LogP contribution is -2.39. The van der Waals surface area contributed by atoms with Crippen molar-refractivity contribution in [2.45, 2.75) is 44.7 Å². The zero-order valence-electron chi connectivity index (χ0n) is 18.0. The van der Waals surface area contributed by atoms with E-state index in [1.807, 2.05) is 0 Å². The second kappa shape index (κ2) is 9.58. The maximum absolute atomic E-state index is 15.1. The lowest BCUT2D eigenvalue weighted by molar-refractivity contribution is -0.0273. The second-order valence-corrected chi connectivity index (χ2v) is 8.40. The number of carbonyl (C=O) groups excluding carboxylic acids is 1. The summed E-state index contributed by atoms with van der Waals surface area (Å²) in [4.78, 5) is 14.1. The first-order valence-corrected chi connectivity index (χ1v) is 10.8. The van der Waals surface area contributed by atoms with Crippen LogP contribution in [0.1, 0.15) is 35.4 Å². The third kappa shape index (κ3) is 4.99. The first kappa shape index (κ1) is 23.9. The van der Waals surface area contributed by atoms with Crippen LogP contribution in [-0.4, -0.2) is 46.9 Å². The molecule has 182 valence electrons. The molecule has 0 aliphatic carbocycles. The Balaban J connectivity index is 1.51. The van der Waals surface area contributed by atoms with Gasteiger partial charge in [-0.25, -0.2) is 18.0 Å². The van der Waals surface area contributed by atoms with Crippen LogP contribution in [0.25, 0.3) is 0 Å². The van der Waals surface area contributed by atoms with E-state index in [-0.39, 0.29) is 67.5 Å². The van der Waals surface area contributed by atoms with Crippen LogP contribution in [0.4, 0.5) is 32.4 Å². The van der Waals surface area contributed by atoms with Gasteiger partial charge in [0.15, 0.2) is 0 Å².